The number of Topliss-reactive ketones (excluding diaryl/α,β-unsaturated/α-hetero) is 1. The maximum Gasteiger partial charge on any atom is 0.245 e. The molecule has 120 valence electrons. The number of halogens is 1. The van der Waals surface area contributed by atoms with Gasteiger partial charge in [0.2, 0.25) is 5.91 Å². The second kappa shape index (κ2) is 6.71. The third-order valence-electron chi connectivity index (χ3n) is 4.47. The molecule has 2 atom stereocenters. The Kier molecular flexibility index (Phi) is 4.67. The van der Waals surface area contributed by atoms with E-state index < -0.39 is 17.7 Å². The molecule has 3 rings (SSSR count). The smallest absolute Gasteiger partial charge is 0.245 e. The van der Waals surface area contributed by atoms with Crippen LogP contribution in [0.25, 0.3) is 0 Å². The van der Waals surface area contributed by atoms with Crippen LogP contribution in [0, 0.1) is 17.2 Å². The third kappa shape index (κ3) is 3.25. The molecule has 0 unspecified atom stereocenters. The monoisotopic (exact) mass is 376 g/mol. The van der Waals surface area contributed by atoms with E-state index in [2.05, 4.69) is 21.2 Å². The number of fused-ring (bicyclic) bond motifs is 1. The van der Waals surface area contributed by atoms with Crippen LogP contribution in [0.3, 0.4) is 0 Å². The van der Waals surface area contributed by atoms with Crippen LogP contribution in [0.2, 0.25) is 0 Å². The quantitative estimate of drug-likeness (QED) is 0.819. The Morgan fingerprint density at radius 2 is 2.09 bits per heavy atom. The van der Waals surface area contributed by atoms with Gasteiger partial charge in [-0.05, 0) is 31.0 Å². The van der Waals surface area contributed by atoms with Crippen molar-refractivity contribution < 1.29 is 14.3 Å². The fraction of sp³-hybridized carbons (Fsp3) is 0.471. The summed E-state index contributed by atoms with van der Waals surface area (Å²) in [6, 6.07) is 7.39. The van der Waals surface area contributed by atoms with Gasteiger partial charge in [-0.1, -0.05) is 28.8 Å². The average Bonchev–Trinajstić information content (AvgIpc) is 3.16. The lowest BCUT2D eigenvalue weighted by Crippen LogP contribution is -2.41. The first kappa shape index (κ1) is 16.0. The lowest BCUT2D eigenvalue weighted by molar-refractivity contribution is -0.133. The summed E-state index contributed by atoms with van der Waals surface area (Å²) >= 11 is 3.37. The Morgan fingerprint density at radius 1 is 1.35 bits per heavy atom. The van der Waals surface area contributed by atoms with Gasteiger partial charge >= 0.3 is 0 Å². The molecule has 0 radical (unpaired) electrons. The highest BCUT2D eigenvalue weighted by atomic mass is 79.9. The van der Waals surface area contributed by atoms with Crippen LogP contribution in [0.15, 0.2) is 22.7 Å². The summed E-state index contributed by atoms with van der Waals surface area (Å²) in [6.07, 6.45) is 3.99. The van der Waals surface area contributed by atoms with Crippen LogP contribution >= 0.6 is 15.9 Å². The molecule has 6 heteroatoms. The first-order chi connectivity index (χ1) is 11.1. The fourth-order valence-electron chi connectivity index (χ4n) is 3.23. The number of hydrogen-bond donors (Lipinski definition) is 1. The van der Waals surface area contributed by atoms with E-state index in [4.69, 9.17) is 4.74 Å². The number of carbonyl (C=O) groups excluding carboxylic acids is 2. The molecule has 0 aromatic heterocycles. The van der Waals surface area contributed by atoms with Crippen molar-refractivity contribution in [2.75, 3.05) is 6.61 Å². The predicted molar refractivity (Wildman–Crippen MR) is 86.9 cm³/mol. The van der Waals surface area contributed by atoms with Crippen LogP contribution in [-0.4, -0.2) is 24.3 Å². The summed E-state index contributed by atoms with van der Waals surface area (Å²) in [5.74, 6) is -2.08. The predicted octanol–water partition coefficient (Wildman–Crippen LogP) is 2.69. The molecule has 1 aliphatic carbocycles. The van der Waals surface area contributed by atoms with Gasteiger partial charge in [0.15, 0.2) is 11.7 Å². The standard InChI is InChI=1S/C17H17BrN2O3/c18-10-5-6-15-12(7-10)14(9-23-15)16(21)13(8-19)17(22)20-11-3-1-2-4-11/h5-7,11,13-14H,1-4,9H2,(H,20,22)/t13-,14-/m1/s1. The van der Waals surface area contributed by atoms with Gasteiger partial charge in [-0.15, -0.1) is 0 Å². The highest BCUT2D eigenvalue weighted by molar-refractivity contribution is 9.10. The lowest BCUT2D eigenvalue weighted by Gasteiger charge is -2.16. The van der Waals surface area contributed by atoms with Crippen LogP contribution in [0.5, 0.6) is 5.75 Å². The molecule has 1 heterocycles. The van der Waals surface area contributed by atoms with Crippen LogP contribution < -0.4 is 10.1 Å². The highest BCUT2D eigenvalue weighted by Crippen LogP contribution is 2.37. The van der Waals surface area contributed by atoms with Gasteiger partial charge in [0.1, 0.15) is 12.4 Å². The van der Waals surface area contributed by atoms with Gasteiger partial charge in [-0.2, -0.15) is 5.26 Å². The average molecular weight is 377 g/mol. The van der Waals surface area contributed by atoms with Crippen molar-refractivity contribution in [1.29, 1.82) is 5.26 Å². The van der Waals surface area contributed by atoms with E-state index in [9.17, 15) is 14.9 Å². The van der Waals surface area contributed by atoms with Crippen molar-refractivity contribution in [2.45, 2.75) is 37.6 Å². The van der Waals surface area contributed by atoms with E-state index in [1.54, 1.807) is 6.07 Å². The summed E-state index contributed by atoms with van der Waals surface area (Å²) in [5, 5.41) is 12.2. The number of ketones is 1. The highest BCUT2D eigenvalue weighted by Gasteiger charge is 2.38. The van der Waals surface area contributed by atoms with E-state index in [0.717, 1.165) is 35.7 Å². The van der Waals surface area contributed by atoms with E-state index >= 15 is 0 Å². The van der Waals surface area contributed by atoms with E-state index in [0.29, 0.717) is 5.75 Å². The fourth-order valence-corrected chi connectivity index (χ4v) is 3.61. The zero-order chi connectivity index (χ0) is 16.4. The van der Waals surface area contributed by atoms with Crippen molar-refractivity contribution in [3.8, 4) is 11.8 Å². The Labute approximate surface area is 143 Å². The normalized spacial score (nSPS) is 21.1. The number of hydrogen-bond acceptors (Lipinski definition) is 4. The SMILES string of the molecule is N#C[C@@H](C(=O)NC1CCCC1)C(=O)[C@@H]1COc2ccc(Br)cc21. The number of rotatable bonds is 4. The molecular weight excluding hydrogens is 360 g/mol. The van der Waals surface area contributed by atoms with Crippen molar-refractivity contribution >= 4 is 27.6 Å². The lowest BCUT2D eigenvalue weighted by atomic mass is 9.88. The Hall–Kier alpha value is -1.87. The number of amides is 1. The first-order valence-electron chi connectivity index (χ1n) is 7.76. The van der Waals surface area contributed by atoms with Crippen LogP contribution in [-0.2, 0) is 9.59 Å². The Bertz CT molecular complexity index is 677. The Morgan fingerprint density at radius 3 is 2.78 bits per heavy atom. The zero-order valence-electron chi connectivity index (χ0n) is 12.5. The number of nitrogens with zero attached hydrogens (tertiary/aromatic N) is 1. The van der Waals surface area contributed by atoms with Crippen molar-refractivity contribution in [2.24, 2.45) is 5.92 Å². The second-order valence-electron chi connectivity index (χ2n) is 6.00. The van der Waals surface area contributed by atoms with E-state index in [1.165, 1.54) is 0 Å². The summed E-state index contributed by atoms with van der Waals surface area (Å²) in [6.45, 7) is 0.180. The summed E-state index contributed by atoms with van der Waals surface area (Å²) in [7, 11) is 0. The van der Waals surface area contributed by atoms with Gasteiger partial charge in [0.25, 0.3) is 0 Å². The van der Waals surface area contributed by atoms with E-state index in [-0.39, 0.29) is 18.4 Å². The van der Waals surface area contributed by atoms with Gasteiger partial charge in [-0.25, -0.2) is 0 Å². The number of carbonyl (C=O) groups is 2. The molecule has 1 aliphatic heterocycles. The molecular formula is C17H17BrN2O3. The second-order valence-corrected chi connectivity index (χ2v) is 6.92. The van der Waals surface area contributed by atoms with Crippen LogP contribution in [0.1, 0.15) is 37.2 Å². The minimum absolute atomic E-state index is 0.0902. The van der Waals surface area contributed by atoms with Crippen molar-refractivity contribution in [3.05, 3.63) is 28.2 Å². The molecule has 1 aromatic carbocycles. The molecule has 1 fully saturated rings. The summed E-state index contributed by atoms with van der Waals surface area (Å²) < 4.78 is 6.35. The topological polar surface area (TPSA) is 79.2 Å². The van der Waals surface area contributed by atoms with Gasteiger partial charge in [0.05, 0.1) is 12.0 Å². The molecule has 1 amide bonds. The largest absolute Gasteiger partial charge is 0.492 e. The molecule has 1 saturated carbocycles. The Balaban J connectivity index is 1.75. The van der Waals surface area contributed by atoms with Gasteiger partial charge in [0, 0.05) is 16.1 Å². The number of nitrogens with one attached hydrogen (secondary N) is 1. The third-order valence-corrected chi connectivity index (χ3v) is 4.97. The molecule has 5 nitrogen and oxygen atoms in total. The summed E-state index contributed by atoms with van der Waals surface area (Å²) in [4.78, 5) is 25.0. The van der Waals surface area contributed by atoms with Gasteiger partial charge in [-0.3, -0.25) is 9.59 Å². The molecule has 2 aliphatic rings. The minimum atomic E-state index is -1.28. The molecule has 0 spiro atoms. The minimum Gasteiger partial charge on any atom is -0.492 e. The molecule has 23 heavy (non-hydrogen) atoms. The first-order valence-corrected chi connectivity index (χ1v) is 8.55. The molecule has 1 aromatic rings. The van der Waals surface area contributed by atoms with Crippen molar-refractivity contribution in [1.82, 2.24) is 5.32 Å². The number of nitriles is 1. The maximum absolute atomic E-state index is 12.7. The van der Waals surface area contributed by atoms with Crippen molar-refractivity contribution in [3.63, 3.8) is 0 Å². The molecule has 0 saturated heterocycles. The summed E-state index contributed by atoms with van der Waals surface area (Å²) in [5.41, 5.74) is 0.735. The number of ether oxygens (including phenoxy) is 1. The van der Waals surface area contributed by atoms with E-state index in [1.807, 2.05) is 18.2 Å². The van der Waals surface area contributed by atoms with Crippen LogP contribution in [0.4, 0.5) is 0 Å². The number of benzene rings is 1. The van der Waals surface area contributed by atoms with Gasteiger partial charge < -0.3 is 10.1 Å². The molecule has 0 bridgehead atoms. The molecule has 1 N–H and O–H groups in total. The zero-order valence-corrected chi connectivity index (χ0v) is 14.1. The maximum atomic E-state index is 12.7.